The summed E-state index contributed by atoms with van der Waals surface area (Å²) in [7, 11) is 0. The van der Waals surface area contributed by atoms with Gasteiger partial charge in [0.2, 0.25) is 0 Å². The van der Waals surface area contributed by atoms with Gasteiger partial charge in [-0.3, -0.25) is 4.98 Å². The Morgan fingerprint density at radius 3 is 2.59 bits per heavy atom. The Balaban J connectivity index is 1.71. The first-order chi connectivity index (χ1) is 15.5. The number of hydrogen-bond donors (Lipinski definition) is 2. The zero-order valence-corrected chi connectivity index (χ0v) is 18.9. The monoisotopic (exact) mass is 460 g/mol. The second kappa shape index (κ2) is 8.30. The number of benzene rings is 2. The predicted octanol–water partition coefficient (Wildman–Crippen LogP) is 5.72. The zero-order valence-electron chi connectivity index (χ0n) is 17.3. The molecule has 0 radical (unpaired) electrons. The highest BCUT2D eigenvalue weighted by molar-refractivity contribution is 7.80. The number of phenols is 1. The number of halogens is 1. The van der Waals surface area contributed by atoms with E-state index in [0.717, 1.165) is 22.6 Å². The van der Waals surface area contributed by atoms with Gasteiger partial charge >= 0.3 is 0 Å². The van der Waals surface area contributed by atoms with E-state index in [1.54, 1.807) is 24.4 Å². The van der Waals surface area contributed by atoms with Gasteiger partial charge in [-0.15, -0.1) is 0 Å². The third-order valence-corrected chi connectivity index (χ3v) is 6.30. The summed E-state index contributed by atoms with van der Waals surface area (Å²) >= 11 is 12.1. The van der Waals surface area contributed by atoms with Crippen LogP contribution in [0.4, 0.5) is 5.69 Å². The smallest absolute Gasteiger partial charge is 0.174 e. The maximum Gasteiger partial charge on any atom is 0.174 e. The minimum atomic E-state index is -0.267. The van der Waals surface area contributed by atoms with Gasteiger partial charge in [0, 0.05) is 28.8 Å². The molecule has 0 bridgehead atoms. The molecule has 3 heterocycles. The molecule has 160 valence electrons. The Kier molecular flexibility index (Phi) is 5.33. The highest BCUT2D eigenvalue weighted by Crippen LogP contribution is 2.45. The lowest BCUT2D eigenvalue weighted by Gasteiger charge is -2.29. The molecule has 5 nitrogen and oxygen atoms in total. The van der Waals surface area contributed by atoms with E-state index in [0.29, 0.717) is 15.8 Å². The molecule has 1 aliphatic rings. The van der Waals surface area contributed by atoms with E-state index in [4.69, 9.17) is 23.8 Å². The fourth-order valence-electron chi connectivity index (χ4n) is 4.29. The number of rotatable bonds is 4. The Labute approximate surface area is 196 Å². The molecule has 1 fully saturated rings. The van der Waals surface area contributed by atoms with Gasteiger partial charge in [0.1, 0.15) is 11.8 Å². The fraction of sp³-hybridized carbons (Fsp3) is 0.120. The molecule has 1 saturated heterocycles. The minimum absolute atomic E-state index is 0.110. The summed E-state index contributed by atoms with van der Waals surface area (Å²) in [6, 6.07) is 22.7. The van der Waals surface area contributed by atoms with Crippen molar-refractivity contribution in [3.05, 3.63) is 107 Å². The molecule has 2 aromatic heterocycles. The molecule has 2 aromatic carbocycles. The summed E-state index contributed by atoms with van der Waals surface area (Å²) < 4.78 is 2.17. The van der Waals surface area contributed by atoms with Crippen LogP contribution >= 0.6 is 23.8 Å². The van der Waals surface area contributed by atoms with Crippen molar-refractivity contribution in [3.8, 4) is 11.4 Å². The molecule has 0 aliphatic carbocycles. The van der Waals surface area contributed by atoms with Crippen molar-refractivity contribution in [2.75, 3.05) is 4.90 Å². The van der Waals surface area contributed by atoms with Crippen LogP contribution in [-0.4, -0.2) is 19.8 Å². The Morgan fingerprint density at radius 2 is 1.81 bits per heavy atom. The van der Waals surface area contributed by atoms with Crippen molar-refractivity contribution >= 4 is 34.6 Å². The SMILES string of the molecule is Cc1ccccc1-n1cccc1[C@H]1[C@@H](c2ccccn2)NC(=S)N1c1cc(Cl)ccc1O. The highest BCUT2D eigenvalue weighted by atomic mass is 35.5. The number of aryl methyl sites for hydroxylation is 1. The van der Waals surface area contributed by atoms with Gasteiger partial charge in [-0.2, -0.15) is 0 Å². The maximum absolute atomic E-state index is 10.7. The molecule has 1 aliphatic heterocycles. The summed E-state index contributed by atoms with van der Waals surface area (Å²) in [4.78, 5) is 6.53. The van der Waals surface area contributed by atoms with Crippen molar-refractivity contribution in [1.82, 2.24) is 14.9 Å². The standard InChI is InChI=1S/C25H21ClN4OS/c1-16-7-2-3-9-19(16)29-14-6-10-20(29)24-23(18-8-4-5-13-27-18)28-25(32)30(24)21-15-17(26)11-12-22(21)31/h2-15,23-24,31H,1H3,(H,28,32)/t23-,24+/m1/s1. The second-order valence-electron chi connectivity index (χ2n) is 7.72. The third-order valence-electron chi connectivity index (χ3n) is 5.75. The van der Waals surface area contributed by atoms with Gasteiger partial charge in [0.05, 0.1) is 17.4 Å². The lowest BCUT2D eigenvalue weighted by Crippen LogP contribution is -2.30. The van der Waals surface area contributed by atoms with Crippen LogP contribution in [0.2, 0.25) is 5.02 Å². The molecule has 2 atom stereocenters. The molecule has 7 heteroatoms. The van der Waals surface area contributed by atoms with Crippen molar-refractivity contribution in [2.45, 2.75) is 19.0 Å². The number of phenolic OH excluding ortho intramolecular Hbond substituents is 1. The summed E-state index contributed by atoms with van der Waals surface area (Å²) in [5.41, 5.74) is 4.67. The van der Waals surface area contributed by atoms with E-state index in [1.165, 1.54) is 0 Å². The molecule has 32 heavy (non-hydrogen) atoms. The Morgan fingerprint density at radius 1 is 1.00 bits per heavy atom. The average Bonchev–Trinajstić information content (AvgIpc) is 3.40. The molecule has 4 aromatic rings. The van der Waals surface area contributed by atoms with Crippen molar-refractivity contribution in [3.63, 3.8) is 0 Å². The highest BCUT2D eigenvalue weighted by Gasteiger charge is 2.43. The number of para-hydroxylation sites is 1. The summed E-state index contributed by atoms with van der Waals surface area (Å²) in [5.74, 6) is 0.110. The number of nitrogens with zero attached hydrogens (tertiary/aromatic N) is 3. The van der Waals surface area contributed by atoms with Crippen LogP contribution in [0.25, 0.3) is 5.69 Å². The average molecular weight is 461 g/mol. The molecule has 0 spiro atoms. The van der Waals surface area contributed by atoms with Gasteiger partial charge in [-0.05, 0) is 73.2 Å². The number of nitrogens with one attached hydrogen (secondary N) is 1. The Hall–Kier alpha value is -3.35. The topological polar surface area (TPSA) is 53.3 Å². The summed E-state index contributed by atoms with van der Waals surface area (Å²) in [6.45, 7) is 2.09. The second-order valence-corrected chi connectivity index (χ2v) is 8.54. The van der Waals surface area contributed by atoms with Crippen molar-refractivity contribution < 1.29 is 5.11 Å². The van der Waals surface area contributed by atoms with Gasteiger partial charge in [0.25, 0.3) is 0 Å². The molecule has 0 unspecified atom stereocenters. The Bertz CT molecular complexity index is 1290. The van der Waals surface area contributed by atoms with Crippen LogP contribution in [0.3, 0.4) is 0 Å². The van der Waals surface area contributed by atoms with Crippen molar-refractivity contribution in [2.24, 2.45) is 0 Å². The van der Waals surface area contributed by atoms with Crippen LogP contribution in [0.1, 0.15) is 29.0 Å². The lowest BCUT2D eigenvalue weighted by atomic mass is 10.0. The van der Waals surface area contributed by atoms with E-state index in [9.17, 15) is 5.11 Å². The van der Waals surface area contributed by atoms with Crippen molar-refractivity contribution in [1.29, 1.82) is 0 Å². The molecule has 5 rings (SSSR count). The van der Waals surface area contributed by atoms with E-state index >= 15 is 0 Å². The predicted molar refractivity (Wildman–Crippen MR) is 132 cm³/mol. The number of pyridine rings is 1. The largest absolute Gasteiger partial charge is 0.506 e. The number of aromatic nitrogens is 2. The van der Waals surface area contributed by atoms with E-state index in [2.05, 4.69) is 40.0 Å². The number of anilines is 1. The first-order valence-corrected chi connectivity index (χ1v) is 11.1. The molecule has 0 saturated carbocycles. The minimum Gasteiger partial charge on any atom is -0.506 e. The summed E-state index contributed by atoms with van der Waals surface area (Å²) in [6.07, 6.45) is 3.82. The van der Waals surface area contributed by atoms with Crippen LogP contribution in [-0.2, 0) is 0 Å². The first-order valence-electron chi connectivity index (χ1n) is 10.3. The molecule has 2 N–H and O–H groups in total. The first kappa shape index (κ1) is 20.5. The van der Waals surface area contributed by atoms with E-state index < -0.39 is 0 Å². The van der Waals surface area contributed by atoms with Gasteiger partial charge in [0.15, 0.2) is 5.11 Å². The normalized spacial score (nSPS) is 18.1. The van der Waals surface area contributed by atoms with Crippen LogP contribution in [0.5, 0.6) is 5.75 Å². The maximum atomic E-state index is 10.7. The van der Waals surface area contributed by atoms with Gasteiger partial charge in [-0.1, -0.05) is 35.9 Å². The fourth-order valence-corrected chi connectivity index (χ4v) is 4.80. The van der Waals surface area contributed by atoms with E-state index in [-0.39, 0.29) is 17.8 Å². The number of thiocarbonyl (C=S) groups is 1. The van der Waals surface area contributed by atoms with Crippen LogP contribution in [0.15, 0.2) is 85.2 Å². The third kappa shape index (κ3) is 3.51. The molecule has 0 amide bonds. The number of aromatic hydroxyl groups is 1. The molecular formula is C25H21ClN4OS. The van der Waals surface area contributed by atoms with Gasteiger partial charge in [-0.25, -0.2) is 0 Å². The van der Waals surface area contributed by atoms with Crippen LogP contribution < -0.4 is 10.2 Å². The molecular weight excluding hydrogens is 440 g/mol. The summed E-state index contributed by atoms with van der Waals surface area (Å²) in [5, 5.41) is 15.2. The zero-order chi connectivity index (χ0) is 22.2. The van der Waals surface area contributed by atoms with E-state index in [1.807, 2.05) is 47.5 Å². The quantitative estimate of drug-likeness (QED) is 0.381. The van der Waals surface area contributed by atoms with Gasteiger partial charge < -0.3 is 19.9 Å². The lowest BCUT2D eigenvalue weighted by molar-refractivity contribution is 0.472. The number of hydrogen-bond acceptors (Lipinski definition) is 3. The van der Waals surface area contributed by atoms with Crippen LogP contribution in [0, 0.1) is 6.92 Å².